The fourth-order valence-electron chi connectivity index (χ4n) is 5.65. The fraction of sp³-hybridized carbons (Fsp3) is 0.667. The number of rotatable bonds is 20. The van der Waals surface area contributed by atoms with Crippen LogP contribution in [0.3, 0.4) is 0 Å². The molecule has 1 N–H and O–H groups in total. The van der Waals surface area contributed by atoms with E-state index in [-0.39, 0.29) is 0 Å². The summed E-state index contributed by atoms with van der Waals surface area (Å²) < 4.78 is 15.0. The SMILES string of the molecule is CCCCc1ccc(I(O)c2ccc(CCCC)c(CCCC)c2CCCC)c(CCCC)c1CCCC. The summed E-state index contributed by atoms with van der Waals surface area (Å²) in [6, 6.07) is 9.56. The molecule has 1 nitrogen and oxygen atoms in total. The summed E-state index contributed by atoms with van der Waals surface area (Å²) in [5.74, 6) is 0. The fourth-order valence-corrected chi connectivity index (χ4v) is 9.74. The Morgan fingerprint density at radius 3 is 1.03 bits per heavy atom. The molecule has 2 heteroatoms. The predicted octanol–water partition coefficient (Wildman–Crippen LogP) is 11.2. The first kappa shape index (κ1) is 33.3. The average molecular weight is 635 g/mol. The molecule has 38 heavy (non-hydrogen) atoms. The minimum atomic E-state index is -2.53. The molecule has 0 aromatic heterocycles. The number of halogens is 1. The first-order valence-electron chi connectivity index (χ1n) is 16.2. The summed E-state index contributed by atoms with van der Waals surface area (Å²) in [7, 11) is 0. The van der Waals surface area contributed by atoms with Crippen molar-refractivity contribution in [2.45, 2.75) is 157 Å². The first-order valence-corrected chi connectivity index (χ1v) is 19.4. The maximum absolute atomic E-state index is 12.3. The monoisotopic (exact) mass is 634 g/mol. The molecule has 0 saturated heterocycles. The Labute approximate surface area is 244 Å². The molecule has 0 bridgehead atoms. The van der Waals surface area contributed by atoms with E-state index in [0.717, 1.165) is 12.8 Å². The molecule has 0 unspecified atom stereocenters. The molecule has 0 fully saturated rings. The van der Waals surface area contributed by atoms with Gasteiger partial charge in [0.1, 0.15) is 0 Å². The Bertz CT molecular complexity index is 856. The summed E-state index contributed by atoms with van der Waals surface area (Å²) in [6.45, 7) is 13.8. The van der Waals surface area contributed by atoms with E-state index in [2.05, 4.69) is 65.8 Å². The molecule has 0 aliphatic rings. The Morgan fingerprint density at radius 2 is 0.711 bits per heavy atom. The van der Waals surface area contributed by atoms with Gasteiger partial charge in [-0.1, -0.05) is 0 Å². The molecule has 2 aromatic carbocycles. The van der Waals surface area contributed by atoms with Crippen LogP contribution in [0, 0.1) is 7.14 Å². The maximum atomic E-state index is 12.3. The second-order valence-corrected chi connectivity index (χ2v) is 15.0. The molecule has 0 amide bonds. The van der Waals surface area contributed by atoms with Gasteiger partial charge in [0.2, 0.25) is 0 Å². The van der Waals surface area contributed by atoms with Crippen LogP contribution in [0.15, 0.2) is 24.3 Å². The van der Waals surface area contributed by atoms with Gasteiger partial charge in [-0.25, -0.2) is 0 Å². The van der Waals surface area contributed by atoms with Crippen LogP contribution in [0.2, 0.25) is 0 Å². The van der Waals surface area contributed by atoms with Crippen LogP contribution >= 0.6 is 20.2 Å². The molecule has 0 aliphatic carbocycles. The normalized spacial score (nSPS) is 11.8. The second kappa shape index (κ2) is 19.2. The van der Waals surface area contributed by atoms with Gasteiger partial charge < -0.3 is 0 Å². The Kier molecular flexibility index (Phi) is 16.9. The van der Waals surface area contributed by atoms with Crippen molar-refractivity contribution >= 4 is 20.2 Å². The van der Waals surface area contributed by atoms with E-state index in [4.69, 9.17) is 0 Å². The number of aryl methyl sites for hydroxylation is 2. The van der Waals surface area contributed by atoms with Crippen molar-refractivity contribution < 1.29 is 3.44 Å². The Hall–Kier alpha value is -0.870. The summed E-state index contributed by atoms with van der Waals surface area (Å²) >= 11 is -2.53. The summed E-state index contributed by atoms with van der Waals surface area (Å²) in [5.41, 5.74) is 9.39. The van der Waals surface area contributed by atoms with E-state index in [1.807, 2.05) is 0 Å². The summed E-state index contributed by atoms with van der Waals surface area (Å²) in [4.78, 5) is 0. The van der Waals surface area contributed by atoms with E-state index in [9.17, 15) is 3.44 Å². The quantitative estimate of drug-likeness (QED) is 0.144. The van der Waals surface area contributed by atoms with Crippen LogP contribution in [-0.4, -0.2) is 3.44 Å². The zero-order chi connectivity index (χ0) is 27.8. The van der Waals surface area contributed by atoms with E-state index < -0.39 is 20.2 Å². The minimum absolute atomic E-state index is 1.13. The molecule has 216 valence electrons. The summed E-state index contributed by atoms with van der Waals surface area (Å²) in [6.07, 6.45) is 21.8. The number of benzene rings is 2. The van der Waals surface area contributed by atoms with Gasteiger partial charge in [0.05, 0.1) is 0 Å². The van der Waals surface area contributed by atoms with Gasteiger partial charge in [-0.2, -0.15) is 0 Å². The van der Waals surface area contributed by atoms with Crippen LogP contribution in [-0.2, 0) is 38.5 Å². The van der Waals surface area contributed by atoms with Crippen molar-refractivity contribution in [3.8, 4) is 0 Å². The van der Waals surface area contributed by atoms with Crippen molar-refractivity contribution in [1.29, 1.82) is 0 Å². The standard InChI is InChI=1S/C36H59IO/c1-7-13-19-29-25-27-35(33(23-17-11-5)31(29)21-15-9-3)37(38)36-28-26-30(20-14-8-2)32(22-16-10-4)34(36)24-18-12-6/h25-28,38H,7-24H2,1-6H3. The third-order valence-corrected chi connectivity index (χ3v) is 12.3. The van der Waals surface area contributed by atoms with Gasteiger partial charge in [-0.05, 0) is 0 Å². The van der Waals surface area contributed by atoms with Crippen LogP contribution in [0.25, 0.3) is 0 Å². The number of hydrogen-bond acceptors (Lipinski definition) is 1. The first-order chi connectivity index (χ1) is 18.6. The molecular weight excluding hydrogens is 575 g/mol. The van der Waals surface area contributed by atoms with Crippen molar-refractivity contribution in [3.63, 3.8) is 0 Å². The van der Waals surface area contributed by atoms with Gasteiger partial charge in [0, 0.05) is 0 Å². The topological polar surface area (TPSA) is 20.2 Å². The van der Waals surface area contributed by atoms with Crippen LogP contribution < -0.4 is 0 Å². The molecule has 0 atom stereocenters. The van der Waals surface area contributed by atoms with Crippen molar-refractivity contribution in [2.24, 2.45) is 0 Å². The second-order valence-electron chi connectivity index (χ2n) is 11.2. The molecule has 0 heterocycles. The predicted molar refractivity (Wildman–Crippen MR) is 178 cm³/mol. The molecule has 0 saturated carbocycles. The summed E-state index contributed by atoms with van der Waals surface area (Å²) in [5, 5.41) is 0. The van der Waals surface area contributed by atoms with Crippen LogP contribution in [0.1, 0.15) is 152 Å². The Balaban J connectivity index is 2.69. The molecule has 0 spiro atoms. The van der Waals surface area contributed by atoms with E-state index >= 15 is 0 Å². The molecule has 0 aliphatic heterocycles. The van der Waals surface area contributed by atoms with Crippen molar-refractivity contribution in [1.82, 2.24) is 0 Å². The molecule has 2 aromatic rings. The average Bonchev–Trinajstić information content (AvgIpc) is 2.94. The zero-order valence-corrected chi connectivity index (χ0v) is 28.0. The van der Waals surface area contributed by atoms with Crippen molar-refractivity contribution in [2.75, 3.05) is 0 Å². The van der Waals surface area contributed by atoms with Gasteiger partial charge in [0.15, 0.2) is 0 Å². The van der Waals surface area contributed by atoms with Crippen molar-refractivity contribution in [3.05, 3.63) is 64.8 Å². The number of hydrogen-bond donors (Lipinski definition) is 1. The van der Waals surface area contributed by atoms with Gasteiger partial charge in [0.25, 0.3) is 0 Å². The Morgan fingerprint density at radius 1 is 0.421 bits per heavy atom. The van der Waals surface area contributed by atoms with E-state index in [1.54, 1.807) is 22.3 Å². The van der Waals surface area contributed by atoms with Gasteiger partial charge in [-0.15, -0.1) is 0 Å². The van der Waals surface area contributed by atoms with Crippen LogP contribution in [0.5, 0.6) is 0 Å². The number of unbranched alkanes of at least 4 members (excludes halogenated alkanes) is 6. The van der Waals surface area contributed by atoms with Gasteiger partial charge in [-0.3, -0.25) is 0 Å². The van der Waals surface area contributed by atoms with Gasteiger partial charge >= 0.3 is 246 Å². The molecular formula is C36H59IO. The van der Waals surface area contributed by atoms with E-state index in [0.29, 0.717) is 0 Å². The van der Waals surface area contributed by atoms with Crippen LogP contribution in [0.4, 0.5) is 0 Å². The molecule has 2 rings (SSSR count). The third kappa shape index (κ3) is 9.65. The zero-order valence-electron chi connectivity index (χ0n) is 25.9. The molecule has 0 radical (unpaired) electrons. The van der Waals surface area contributed by atoms with E-state index in [1.165, 1.54) is 121 Å². The third-order valence-electron chi connectivity index (χ3n) is 8.05.